The summed E-state index contributed by atoms with van der Waals surface area (Å²) < 4.78 is 1.81. The van der Waals surface area contributed by atoms with E-state index in [0.717, 1.165) is 35.2 Å². The molecule has 2 rings (SSSR count). The summed E-state index contributed by atoms with van der Waals surface area (Å²) in [5.41, 5.74) is 1.16. The van der Waals surface area contributed by atoms with Crippen LogP contribution in [0.25, 0.3) is 0 Å². The molecular weight excluding hydrogens is 236 g/mol. The second kappa shape index (κ2) is 5.29. The van der Waals surface area contributed by atoms with Crippen LogP contribution < -0.4 is 5.32 Å². The standard InChI is InChI=1S/C12H15ClN4/c1-14-8-12-15-11(16-17(12)2)7-9-3-5-10(13)6-4-9/h3-6,14H,7-8H2,1-2H3. The number of benzene rings is 1. The van der Waals surface area contributed by atoms with Crippen LogP contribution in [-0.4, -0.2) is 21.8 Å². The summed E-state index contributed by atoms with van der Waals surface area (Å²) in [6.45, 7) is 0.726. The lowest BCUT2D eigenvalue weighted by Gasteiger charge is -1.96. The van der Waals surface area contributed by atoms with Crippen LogP contribution in [0.2, 0.25) is 5.02 Å². The minimum Gasteiger partial charge on any atom is -0.313 e. The van der Waals surface area contributed by atoms with Gasteiger partial charge in [0.25, 0.3) is 0 Å². The summed E-state index contributed by atoms with van der Waals surface area (Å²) in [6.07, 6.45) is 0.731. The zero-order valence-corrected chi connectivity index (χ0v) is 10.7. The summed E-state index contributed by atoms with van der Waals surface area (Å²) in [4.78, 5) is 4.47. The first-order valence-electron chi connectivity index (χ1n) is 5.47. The molecule has 0 bridgehead atoms. The van der Waals surface area contributed by atoms with Crippen LogP contribution in [0.5, 0.6) is 0 Å². The molecule has 1 heterocycles. The summed E-state index contributed by atoms with van der Waals surface area (Å²) in [5, 5.41) is 8.20. The van der Waals surface area contributed by atoms with E-state index in [4.69, 9.17) is 11.6 Å². The molecule has 0 aliphatic heterocycles. The first kappa shape index (κ1) is 12.1. The van der Waals surface area contributed by atoms with Gasteiger partial charge in [0.15, 0.2) is 5.82 Å². The number of rotatable bonds is 4. The van der Waals surface area contributed by atoms with Gasteiger partial charge in [-0.1, -0.05) is 23.7 Å². The second-order valence-corrected chi connectivity index (χ2v) is 4.34. The number of nitrogens with zero attached hydrogens (tertiary/aromatic N) is 3. The Hall–Kier alpha value is -1.39. The molecule has 0 aliphatic rings. The van der Waals surface area contributed by atoms with Gasteiger partial charge >= 0.3 is 0 Å². The van der Waals surface area contributed by atoms with Crippen molar-refractivity contribution in [3.8, 4) is 0 Å². The molecule has 0 fully saturated rings. The van der Waals surface area contributed by atoms with E-state index in [1.54, 1.807) is 0 Å². The summed E-state index contributed by atoms with van der Waals surface area (Å²) in [5.74, 6) is 1.77. The van der Waals surface area contributed by atoms with Crippen LogP contribution in [0.1, 0.15) is 17.2 Å². The van der Waals surface area contributed by atoms with Crippen molar-refractivity contribution in [1.82, 2.24) is 20.1 Å². The predicted molar refractivity (Wildman–Crippen MR) is 68.0 cm³/mol. The van der Waals surface area contributed by atoms with E-state index in [0.29, 0.717) is 0 Å². The fourth-order valence-corrected chi connectivity index (χ4v) is 1.77. The number of hydrogen-bond acceptors (Lipinski definition) is 3. The molecule has 1 aromatic carbocycles. The molecule has 1 aromatic heterocycles. The van der Waals surface area contributed by atoms with Gasteiger partial charge < -0.3 is 5.32 Å². The van der Waals surface area contributed by atoms with Gasteiger partial charge in [0, 0.05) is 18.5 Å². The summed E-state index contributed by atoms with van der Waals surface area (Å²) in [7, 11) is 3.80. The lowest BCUT2D eigenvalue weighted by atomic mass is 10.1. The molecule has 4 nitrogen and oxygen atoms in total. The molecule has 0 spiro atoms. The molecule has 0 amide bonds. The Kier molecular flexibility index (Phi) is 3.76. The van der Waals surface area contributed by atoms with Crippen LogP contribution in [-0.2, 0) is 20.0 Å². The van der Waals surface area contributed by atoms with E-state index >= 15 is 0 Å². The molecule has 0 saturated heterocycles. The summed E-state index contributed by atoms with van der Waals surface area (Å²) in [6, 6.07) is 7.76. The van der Waals surface area contributed by atoms with E-state index < -0.39 is 0 Å². The van der Waals surface area contributed by atoms with E-state index in [1.165, 1.54) is 0 Å². The smallest absolute Gasteiger partial charge is 0.155 e. The average Bonchev–Trinajstić information content (AvgIpc) is 2.63. The number of aromatic nitrogens is 3. The largest absolute Gasteiger partial charge is 0.313 e. The van der Waals surface area contributed by atoms with Gasteiger partial charge in [-0.25, -0.2) is 4.98 Å². The Labute approximate surface area is 106 Å². The molecule has 0 radical (unpaired) electrons. The van der Waals surface area contributed by atoms with Gasteiger partial charge in [-0.2, -0.15) is 5.10 Å². The zero-order valence-electron chi connectivity index (χ0n) is 9.94. The maximum atomic E-state index is 5.84. The van der Waals surface area contributed by atoms with Crippen LogP contribution in [0.3, 0.4) is 0 Å². The van der Waals surface area contributed by atoms with Crippen molar-refractivity contribution in [2.75, 3.05) is 7.05 Å². The SMILES string of the molecule is CNCc1nc(Cc2ccc(Cl)cc2)nn1C. The van der Waals surface area contributed by atoms with Crippen molar-refractivity contribution in [2.45, 2.75) is 13.0 Å². The Morgan fingerprint density at radius 1 is 1.29 bits per heavy atom. The molecule has 0 unspecified atom stereocenters. The minimum absolute atomic E-state index is 0.726. The van der Waals surface area contributed by atoms with Crippen LogP contribution in [0.4, 0.5) is 0 Å². The van der Waals surface area contributed by atoms with Gasteiger partial charge in [0.2, 0.25) is 0 Å². The lowest BCUT2D eigenvalue weighted by molar-refractivity contribution is 0.657. The Bertz CT molecular complexity index is 490. The van der Waals surface area contributed by atoms with Crippen LogP contribution in [0, 0.1) is 0 Å². The Morgan fingerprint density at radius 3 is 2.65 bits per heavy atom. The Balaban J connectivity index is 2.13. The van der Waals surface area contributed by atoms with E-state index in [1.807, 2.05) is 43.0 Å². The average molecular weight is 251 g/mol. The first-order chi connectivity index (χ1) is 8.19. The van der Waals surface area contributed by atoms with Gasteiger partial charge in [0.1, 0.15) is 5.82 Å². The van der Waals surface area contributed by atoms with Crippen molar-refractivity contribution in [2.24, 2.45) is 7.05 Å². The maximum Gasteiger partial charge on any atom is 0.155 e. The van der Waals surface area contributed by atoms with E-state index in [2.05, 4.69) is 15.4 Å². The fourth-order valence-electron chi connectivity index (χ4n) is 1.65. The monoisotopic (exact) mass is 250 g/mol. The molecule has 0 atom stereocenters. The third-order valence-corrected chi connectivity index (χ3v) is 2.76. The van der Waals surface area contributed by atoms with Crippen molar-refractivity contribution in [3.63, 3.8) is 0 Å². The highest BCUT2D eigenvalue weighted by atomic mass is 35.5. The van der Waals surface area contributed by atoms with E-state index in [-0.39, 0.29) is 0 Å². The summed E-state index contributed by atoms with van der Waals surface area (Å²) >= 11 is 5.84. The van der Waals surface area contributed by atoms with Gasteiger partial charge in [-0.05, 0) is 24.7 Å². The van der Waals surface area contributed by atoms with Gasteiger partial charge in [0.05, 0.1) is 6.54 Å². The third kappa shape index (κ3) is 3.05. The highest BCUT2D eigenvalue weighted by molar-refractivity contribution is 6.30. The van der Waals surface area contributed by atoms with E-state index in [9.17, 15) is 0 Å². The van der Waals surface area contributed by atoms with Crippen molar-refractivity contribution >= 4 is 11.6 Å². The van der Waals surface area contributed by atoms with Gasteiger partial charge in [-0.15, -0.1) is 0 Å². The van der Waals surface area contributed by atoms with Gasteiger partial charge in [-0.3, -0.25) is 4.68 Å². The molecule has 0 saturated carbocycles. The van der Waals surface area contributed by atoms with Crippen molar-refractivity contribution < 1.29 is 0 Å². The first-order valence-corrected chi connectivity index (χ1v) is 5.84. The lowest BCUT2D eigenvalue weighted by Crippen LogP contribution is -2.10. The number of aryl methyl sites for hydroxylation is 1. The maximum absolute atomic E-state index is 5.84. The van der Waals surface area contributed by atoms with Crippen LogP contribution >= 0.6 is 11.6 Å². The third-order valence-electron chi connectivity index (χ3n) is 2.51. The molecule has 2 aromatic rings. The van der Waals surface area contributed by atoms with Crippen molar-refractivity contribution in [1.29, 1.82) is 0 Å². The molecular formula is C12H15ClN4. The topological polar surface area (TPSA) is 42.7 Å². The minimum atomic E-state index is 0.726. The van der Waals surface area contributed by atoms with Crippen LogP contribution in [0.15, 0.2) is 24.3 Å². The second-order valence-electron chi connectivity index (χ2n) is 3.90. The molecule has 5 heteroatoms. The van der Waals surface area contributed by atoms with Crippen molar-refractivity contribution in [3.05, 3.63) is 46.5 Å². The number of nitrogens with one attached hydrogen (secondary N) is 1. The molecule has 90 valence electrons. The quantitative estimate of drug-likeness (QED) is 0.900. The highest BCUT2D eigenvalue weighted by Crippen LogP contribution is 2.12. The predicted octanol–water partition coefficient (Wildman–Crippen LogP) is 1.78. The molecule has 17 heavy (non-hydrogen) atoms. The fraction of sp³-hybridized carbons (Fsp3) is 0.333. The number of halogens is 1. The molecule has 0 aliphatic carbocycles. The number of hydrogen-bond donors (Lipinski definition) is 1. The Morgan fingerprint density at radius 2 is 2.00 bits per heavy atom. The highest BCUT2D eigenvalue weighted by Gasteiger charge is 2.06. The molecule has 1 N–H and O–H groups in total. The zero-order chi connectivity index (χ0) is 12.3. The normalized spacial score (nSPS) is 10.8.